The predicted octanol–water partition coefficient (Wildman–Crippen LogP) is 3.05. The largest absolute Gasteiger partial charge is 0.465 e. The molecule has 0 saturated heterocycles. The zero-order chi connectivity index (χ0) is 17.5. The number of hydrogen-bond acceptors (Lipinski definition) is 3. The van der Waals surface area contributed by atoms with E-state index in [0.29, 0.717) is 19.4 Å². The van der Waals surface area contributed by atoms with Crippen LogP contribution in [0.4, 0.5) is 4.79 Å². The molecule has 6 nitrogen and oxygen atoms in total. The lowest BCUT2D eigenvalue weighted by Crippen LogP contribution is -2.52. The lowest BCUT2D eigenvalue weighted by molar-refractivity contribution is 0.0798. The summed E-state index contributed by atoms with van der Waals surface area (Å²) in [5.41, 5.74) is 0.0195. The molecular formula is C16H25NO5S. The zero-order valence-corrected chi connectivity index (χ0v) is 14.4. The number of benzene rings is 1. The van der Waals surface area contributed by atoms with Gasteiger partial charge in [0.05, 0.1) is 5.75 Å². The van der Waals surface area contributed by atoms with Crippen molar-refractivity contribution in [2.45, 2.75) is 45.1 Å². The summed E-state index contributed by atoms with van der Waals surface area (Å²) in [6, 6.07) is 9.34. The lowest BCUT2D eigenvalue weighted by Gasteiger charge is -2.40. The molecule has 0 fully saturated rings. The van der Waals surface area contributed by atoms with Crippen molar-refractivity contribution in [2.24, 2.45) is 0 Å². The van der Waals surface area contributed by atoms with E-state index in [1.165, 1.54) is 4.90 Å². The summed E-state index contributed by atoms with van der Waals surface area (Å²) in [6.07, 6.45) is 0.884. The number of nitrogens with zero attached hydrogens (tertiary/aromatic N) is 1. The van der Waals surface area contributed by atoms with Crippen molar-refractivity contribution >= 4 is 16.2 Å². The molecule has 0 spiro atoms. The lowest BCUT2D eigenvalue weighted by atomic mass is 9.88. The van der Waals surface area contributed by atoms with E-state index in [0.717, 1.165) is 12.0 Å². The van der Waals surface area contributed by atoms with Crippen LogP contribution in [0.1, 0.15) is 38.7 Å². The van der Waals surface area contributed by atoms with Crippen molar-refractivity contribution in [3.63, 3.8) is 0 Å². The Morgan fingerprint density at radius 1 is 1.26 bits per heavy atom. The van der Waals surface area contributed by atoms with E-state index in [-0.39, 0.29) is 6.42 Å². The molecule has 1 amide bonds. The molecular weight excluding hydrogens is 318 g/mol. The fraction of sp³-hybridized carbons (Fsp3) is 0.562. The second kappa shape index (κ2) is 8.31. The van der Waals surface area contributed by atoms with Crippen molar-refractivity contribution in [1.29, 1.82) is 0 Å². The van der Waals surface area contributed by atoms with E-state index in [1.807, 2.05) is 37.3 Å². The third-order valence-corrected chi connectivity index (χ3v) is 4.66. The Morgan fingerprint density at radius 2 is 1.87 bits per heavy atom. The maximum atomic E-state index is 11.7. The molecule has 0 aromatic heterocycles. The second-order valence-corrected chi connectivity index (χ2v) is 7.56. The fourth-order valence-corrected chi connectivity index (χ4v) is 3.31. The minimum absolute atomic E-state index is 0.0384. The smallest absolute Gasteiger partial charge is 0.407 e. The maximum Gasteiger partial charge on any atom is 0.407 e. The summed E-state index contributed by atoms with van der Waals surface area (Å²) in [6.45, 7) is 4.03. The highest BCUT2D eigenvalue weighted by atomic mass is 32.2. The van der Waals surface area contributed by atoms with Crippen molar-refractivity contribution < 1.29 is 22.9 Å². The topological polar surface area (TPSA) is 94.9 Å². The summed E-state index contributed by atoms with van der Waals surface area (Å²) < 4.78 is 31.3. The average Bonchev–Trinajstić information content (AvgIpc) is 2.46. The van der Waals surface area contributed by atoms with Gasteiger partial charge in [-0.15, -0.1) is 0 Å². The Morgan fingerprint density at radius 3 is 2.35 bits per heavy atom. The summed E-state index contributed by atoms with van der Waals surface area (Å²) in [4.78, 5) is 13.0. The quantitative estimate of drug-likeness (QED) is 0.672. The van der Waals surface area contributed by atoms with Crippen molar-refractivity contribution in [2.75, 3.05) is 12.3 Å². The van der Waals surface area contributed by atoms with Gasteiger partial charge in [-0.25, -0.2) is 4.79 Å². The third kappa shape index (κ3) is 6.58. The molecule has 1 aromatic rings. The highest BCUT2D eigenvalue weighted by Crippen LogP contribution is 2.26. The molecule has 7 heteroatoms. The molecule has 0 bridgehead atoms. The highest BCUT2D eigenvalue weighted by Gasteiger charge is 2.36. The minimum Gasteiger partial charge on any atom is -0.465 e. The molecule has 23 heavy (non-hydrogen) atoms. The van der Waals surface area contributed by atoms with Crippen LogP contribution < -0.4 is 0 Å². The van der Waals surface area contributed by atoms with Crippen LogP contribution in [0.3, 0.4) is 0 Å². The van der Waals surface area contributed by atoms with Crippen LogP contribution in [-0.4, -0.2) is 46.9 Å². The van der Waals surface area contributed by atoms with Crippen molar-refractivity contribution in [1.82, 2.24) is 4.90 Å². The average molecular weight is 343 g/mol. The molecule has 1 rings (SSSR count). The molecule has 0 radical (unpaired) electrons. The Kier molecular flexibility index (Phi) is 7.02. The Hall–Kier alpha value is -1.60. The molecule has 0 aliphatic carbocycles. The van der Waals surface area contributed by atoms with Crippen LogP contribution in [0.15, 0.2) is 30.3 Å². The van der Waals surface area contributed by atoms with Gasteiger partial charge in [0.2, 0.25) is 0 Å². The van der Waals surface area contributed by atoms with Gasteiger partial charge in [-0.05, 0) is 31.7 Å². The van der Waals surface area contributed by atoms with Crippen LogP contribution in [0, 0.1) is 0 Å². The monoisotopic (exact) mass is 343 g/mol. The molecule has 0 saturated carbocycles. The van der Waals surface area contributed by atoms with E-state index >= 15 is 0 Å². The van der Waals surface area contributed by atoms with Gasteiger partial charge in [-0.1, -0.05) is 43.7 Å². The number of carboxylic acid groups (broad SMARTS) is 1. The molecule has 0 aliphatic heterocycles. The van der Waals surface area contributed by atoms with Crippen LogP contribution in [0.5, 0.6) is 0 Å². The van der Waals surface area contributed by atoms with E-state index in [9.17, 15) is 18.3 Å². The van der Waals surface area contributed by atoms with Gasteiger partial charge in [0.25, 0.3) is 10.1 Å². The van der Waals surface area contributed by atoms with E-state index < -0.39 is 27.5 Å². The molecule has 1 aromatic carbocycles. The number of hydrogen-bond donors (Lipinski definition) is 2. The Balaban J connectivity index is 3.08. The first-order valence-electron chi connectivity index (χ1n) is 7.67. The fourth-order valence-electron chi connectivity index (χ4n) is 2.62. The minimum atomic E-state index is -4.15. The van der Waals surface area contributed by atoms with E-state index in [2.05, 4.69) is 0 Å². The Bertz CT molecular complexity index is 602. The Labute approximate surface area is 137 Å². The van der Waals surface area contributed by atoms with Crippen LogP contribution in [0.25, 0.3) is 0 Å². The van der Waals surface area contributed by atoms with Gasteiger partial charge in [0.1, 0.15) is 0 Å². The summed E-state index contributed by atoms with van der Waals surface area (Å²) in [7, 11) is -4.15. The molecule has 2 N–H and O–H groups in total. The standard InChI is InChI=1S/C16H25NO5S/c1-3-4-11-17(15(18)19)16(2,10-12-23(20,21)22)13-14-8-6-5-7-9-14/h5-9H,3-4,10-13H2,1-2H3,(H,18,19)(H,20,21,22). The summed E-state index contributed by atoms with van der Waals surface area (Å²) >= 11 is 0. The van der Waals surface area contributed by atoms with Gasteiger partial charge >= 0.3 is 6.09 Å². The second-order valence-electron chi connectivity index (χ2n) is 5.98. The van der Waals surface area contributed by atoms with Crippen molar-refractivity contribution in [3.8, 4) is 0 Å². The van der Waals surface area contributed by atoms with E-state index in [1.54, 1.807) is 6.92 Å². The summed E-state index contributed by atoms with van der Waals surface area (Å²) in [5.74, 6) is -0.466. The maximum absolute atomic E-state index is 11.7. The van der Waals surface area contributed by atoms with Crippen LogP contribution >= 0.6 is 0 Å². The normalized spacial score (nSPS) is 14.2. The molecule has 1 unspecified atom stereocenters. The number of carbonyl (C=O) groups is 1. The van der Waals surface area contributed by atoms with Gasteiger partial charge in [0, 0.05) is 12.1 Å². The molecule has 130 valence electrons. The number of rotatable bonds is 9. The van der Waals surface area contributed by atoms with Gasteiger partial charge in [-0.2, -0.15) is 8.42 Å². The number of amides is 1. The van der Waals surface area contributed by atoms with Crippen LogP contribution in [-0.2, 0) is 16.5 Å². The predicted molar refractivity (Wildman–Crippen MR) is 89.2 cm³/mol. The first-order valence-corrected chi connectivity index (χ1v) is 9.28. The van der Waals surface area contributed by atoms with Gasteiger partial charge < -0.3 is 10.0 Å². The van der Waals surface area contributed by atoms with Gasteiger partial charge in [0.15, 0.2) is 0 Å². The highest BCUT2D eigenvalue weighted by molar-refractivity contribution is 7.85. The first-order chi connectivity index (χ1) is 10.7. The van der Waals surface area contributed by atoms with E-state index in [4.69, 9.17) is 4.55 Å². The number of unbranched alkanes of at least 4 members (excludes halogenated alkanes) is 1. The third-order valence-electron chi connectivity index (χ3n) is 3.94. The summed E-state index contributed by atoms with van der Waals surface area (Å²) in [5, 5.41) is 9.56. The molecule has 1 atom stereocenters. The SMILES string of the molecule is CCCCN(C(=O)O)C(C)(CCS(=O)(=O)O)Cc1ccccc1. The molecule has 0 aliphatic rings. The zero-order valence-electron chi connectivity index (χ0n) is 13.6. The van der Waals surface area contributed by atoms with Crippen molar-refractivity contribution in [3.05, 3.63) is 35.9 Å². The first kappa shape index (κ1) is 19.4. The van der Waals surface area contributed by atoms with Gasteiger partial charge in [-0.3, -0.25) is 4.55 Å². The van der Waals surface area contributed by atoms with Crippen LogP contribution in [0.2, 0.25) is 0 Å². The molecule has 0 heterocycles.